The number of rotatable bonds is 7. The molecule has 0 saturated carbocycles. The van der Waals surface area contributed by atoms with E-state index in [9.17, 15) is 9.59 Å². The Bertz CT molecular complexity index is 1250. The maximum atomic E-state index is 12.8. The molecule has 7 nitrogen and oxygen atoms in total. The third kappa shape index (κ3) is 4.12. The summed E-state index contributed by atoms with van der Waals surface area (Å²) in [5, 5.41) is 7.37. The van der Waals surface area contributed by atoms with E-state index in [1.165, 1.54) is 0 Å². The molecule has 0 fully saturated rings. The maximum Gasteiger partial charge on any atom is 0.291 e. The second kappa shape index (κ2) is 8.55. The van der Waals surface area contributed by atoms with Crippen molar-refractivity contribution in [3.8, 4) is 0 Å². The Hall–Kier alpha value is -3.74. The van der Waals surface area contributed by atoms with Crippen LogP contribution >= 0.6 is 0 Å². The number of aromatic amines is 1. The van der Waals surface area contributed by atoms with Crippen LogP contribution in [-0.4, -0.2) is 36.4 Å². The summed E-state index contributed by atoms with van der Waals surface area (Å²) in [5.74, 6) is -0.223. The summed E-state index contributed by atoms with van der Waals surface area (Å²) in [4.78, 5) is 30.1. The van der Waals surface area contributed by atoms with Crippen molar-refractivity contribution in [3.05, 3.63) is 60.0 Å². The normalized spacial score (nSPS) is 11.1. The fourth-order valence-corrected chi connectivity index (χ4v) is 3.70. The molecule has 0 atom stereocenters. The average Bonchev–Trinajstić information content (AvgIpc) is 3.38. The van der Waals surface area contributed by atoms with E-state index in [0.717, 1.165) is 35.1 Å². The molecule has 0 bridgehead atoms. The first-order valence-corrected chi connectivity index (χ1v) is 10.5. The van der Waals surface area contributed by atoms with Gasteiger partial charge in [0.2, 0.25) is 0 Å². The smallest absolute Gasteiger partial charge is 0.291 e. The molecular formula is C24H26N4O3. The Morgan fingerprint density at radius 1 is 0.935 bits per heavy atom. The Balaban J connectivity index is 1.55. The lowest BCUT2D eigenvalue weighted by Gasteiger charge is -2.20. The third-order valence-corrected chi connectivity index (χ3v) is 5.32. The van der Waals surface area contributed by atoms with Gasteiger partial charge in [-0.3, -0.25) is 9.59 Å². The van der Waals surface area contributed by atoms with E-state index < -0.39 is 0 Å². The predicted octanol–water partition coefficient (Wildman–Crippen LogP) is 4.76. The van der Waals surface area contributed by atoms with E-state index in [1.54, 1.807) is 18.2 Å². The Morgan fingerprint density at radius 2 is 1.74 bits per heavy atom. The van der Waals surface area contributed by atoms with Crippen LogP contribution in [0.15, 0.2) is 52.9 Å². The van der Waals surface area contributed by atoms with Crippen molar-refractivity contribution >= 4 is 45.1 Å². The SMILES string of the molecule is CCNC(=O)c1cc2cc(NC(=O)c3cc4ccc(N(CC)CC)cc4o3)ccc2[nH]1. The molecule has 0 aliphatic rings. The van der Waals surface area contributed by atoms with Crippen molar-refractivity contribution < 1.29 is 14.0 Å². The lowest BCUT2D eigenvalue weighted by molar-refractivity contribution is 0.0950. The van der Waals surface area contributed by atoms with E-state index in [-0.39, 0.29) is 17.6 Å². The number of nitrogens with zero attached hydrogens (tertiary/aromatic N) is 1. The van der Waals surface area contributed by atoms with Gasteiger partial charge in [0, 0.05) is 53.4 Å². The minimum absolute atomic E-state index is 0.157. The molecule has 0 spiro atoms. The zero-order valence-corrected chi connectivity index (χ0v) is 17.9. The van der Waals surface area contributed by atoms with E-state index in [0.29, 0.717) is 23.5 Å². The van der Waals surface area contributed by atoms with Gasteiger partial charge >= 0.3 is 0 Å². The first-order chi connectivity index (χ1) is 15.0. The fraction of sp³-hybridized carbons (Fsp3) is 0.250. The van der Waals surface area contributed by atoms with Crippen LogP contribution in [0, 0.1) is 0 Å². The minimum Gasteiger partial charge on any atom is -0.451 e. The van der Waals surface area contributed by atoms with Crippen LogP contribution in [0.3, 0.4) is 0 Å². The van der Waals surface area contributed by atoms with Crippen LogP contribution in [0.4, 0.5) is 11.4 Å². The first-order valence-electron chi connectivity index (χ1n) is 10.5. The van der Waals surface area contributed by atoms with Crippen LogP contribution in [0.2, 0.25) is 0 Å². The van der Waals surface area contributed by atoms with Gasteiger partial charge in [0.1, 0.15) is 11.3 Å². The highest BCUT2D eigenvalue weighted by Gasteiger charge is 2.15. The molecule has 0 aliphatic carbocycles. The van der Waals surface area contributed by atoms with Crippen molar-refractivity contribution in [2.24, 2.45) is 0 Å². The topological polar surface area (TPSA) is 90.4 Å². The van der Waals surface area contributed by atoms with E-state index in [4.69, 9.17) is 4.42 Å². The quantitative estimate of drug-likeness (QED) is 0.403. The number of hydrogen-bond acceptors (Lipinski definition) is 4. The Morgan fingerprint density at radius 3 is 2.48 bits per heavy atom. The van der Waals surface area contributed by atoms with Crippen molar-refractivity contribution in [2.45, 2.75) is 20.8 Å². The van der Waals surface area contributed by atoms with Crippen LogP contribution in [0.1, 0.15) is 41.8 Å². The summed E-state index contributed by atoms with van der Waals surface area (Å²) in [7, 11) is 0. The van der Waals surface area contributed by atoms with Gasteiger partial charge < -0.3 is 24.9 Å². The zero-order chi connectivity index (χ0) is 22.0. The van der Waals surface area contributed by atoms with Crippen LogP contribution in [0.5, 0.6) is 0 Å². The number of hydrogen-bond donors (Lipinski definition) is 3. The summed E-state index contributed by atoms with van der Waals surface area (Å²) in [6.07, 6.45) is 0. The molecule has 7 heteroatoms. The van der Waals surface area contributed by atoms with Crippen molar-refractivity contribution in [1.82, 2.24) is 10.3 Å². The molecule has 0 radical (unpaired) electrons. The van der Waals surface area contributed by atoms with Crippen molar-refractivity contribution in [2.75, 3.05) is 29.9 Å². The monoisotopic (exact) mass is 418 g/mol. The molecule has 4 aromatic rings. The molecular weight excluding hydrogens is 392 g/mol. The van der Waals surface area contributed by atoms with Crippen LogP contribution in [0.25, 0.3) is 21.9 Å². The average molecular weight is 418 g/mol. The number of carbonyl (C=O) groups is 2. The second-order valence-corrected chi connectivity index (χ2v) is 7.30. The molecule has 3 N–H and O–H groups in total. The van der Waals surface area contributed by atoms with Gasteiger partial charge in [0.25, 0.3) is 11.8 Å². The van der Waals surface area contributed by atoms with Crippen molar-refractivity contribution in [3.63, 3.8) is 0 Å². The number of nitrogens with one attached hydrogen (secondary N) is 3. The number of H-pyrrole nitrogens is 1. The lowest BCUT2D eigenvalue weighted by atomic mass is 10.2. The summed E-state index contributed by atoms with van der Waals surface area (Å²) in [5.41, 5.74) is 3.69. The molecule has 2 aromatic heterocycles. The molecule has 0 unspecified atom stereocenters. The molecule has 2 heterocycles. The van der Waals surface area contributed by atoms with Gasteiger partial charge in [-0.05, 0) is 63.2 Å². The highest BCUT2D eigenvalue weighted by Crippen LogP contribution is 2.26. The Kier molecular flexibility index (Phi) is 5.66. The molecule has 0 aliphatic heterocycles. The van der Waals surface area contributed by atoms with E-state index in [2.05, 4.69) is 34.4 Å². The molecule has 31 heavy (non-hydrogen) atoms. The fourth-order valence-electron chi connectivity index (χ4n) is 3.70. The predicted molar refractivity (Wildman–Crippen MR) is 124 cm³/mol. The highest BCUT2D eigenvalue weighted by atomic mass is 16.3. The van der Waals surface area contributed by atoms with E-state index >= 15 is 0 Å². The molecule has 160 valence electrons. The standard InChI is InChI=1S/C24H26N4O3/c1-4-25-23(29)20-12-16-11-17(8-10-19(16)27-20)26-24(30)22-13-15-7-9-18(14-21(15)31-22)28(5-2)6-3/h7-14,27H,4-6H2,1-3H3,(H,25,29)(H,26,30). The number of anilines is 2. The zero-order valence-electron chi connectivity index (χ0n) is 17.9. The summed E-state index contributed by atoms with van der Waals surface area (Å²) in [6, 6.07) is 14.9. The summed E-state index contributed by atoms with van der Waals surface area (Å²) < 4.78 is 5.83. The lowest BCUT2D eigenvalue weighted by Crippen LogP contribution is -2.22. The Labute approximate surface area is 180 Å². The van der Waals surface area contributed by atoms with Crippen molar-refractivity contribution in [1.29, 1.82) is 0 Å². The van der Waals surface area contributed by atoms with Gasteiger partial charge in [-0.2, -0.15) is 0 Å². The first kappa shape index (κ1) is 20.5. The number of benzene rings is 2. The molecule has 2 amide bonds. The summed E-state index contributed by atoms with van der Waals surface area (Å²) in [6.45, 7) is 8.45. The van der Waals surface area contributed by atoms with Gasteiger partial charge in [-0.1, -0.05) is 0 Å². The summed E-state index contributed by atoms with van der Waals surface area (Å²) >= 11 is 0. The minimum atomic E-state index is -0.320. The number of fused-ring (bicyclic) bond motifs is 2. The van der Waals surface area contributed by atoms with Gasteiger partial charge in [-0.25, -0.2) is 0 Å². The maximum absolute atomic E-state index is 12.8. The second-order valence-electron chi connectivity index (χ2n) is 7.30. The van der Waals surface area contributed by atoms with Crippen LogP contribution < -0.4 is 15.5 Å². The molecule has 2 aromatic carbocycles. The van der Waals surface area contributed by atoms with Gasteiger partial charge in [0.15, 0.2) is 5.76 Å². The molecule has 4 rings (SSSR count). The van der Waals surface area contributed by atoms with E-state index in [1.807, 2.05) is 37.3 Å². The number of amides is 2. The van der Waals surface area contributed by atoms with Crippen LogP contribution in [-0.2, 0) is 0 Å². The number of carbonyl (C=O) groups excluding carboxylic acids is 2. The van der Waals surface area contributed by atoms with Gasteiger partial charge in [0.05, 0.1) is 0 Å². The molecule has 0 saturated heterocycles. The number of aromatic nitrogens is 1. The number of furan rings is 1. The largest absolute Gasteiger partial charge is 0.451 e. The third-order valence-electron chi connectivity index (χ3n) is 5.32. The highest BCUT2D eigenvalue weighted by molar-refractivity contribution is 6.06. The van der Waals surface area contributed by atoms with Gasteiger partial charge in [-0.15, -0.1) is 0 Å².